The molecule has 4 nitrogen and oxygen atoms in total. The summed E-state index contributed by atoms with van der Waals surface area (Å²) >= 11 is 1.59. The number of hydrogen-bond acceptors (Lipinski definition) is 3. The predicted octanol–water partition coefficient (Wildman–Crippen LogP) is 0.863. The quantitative estimate of drug-likeness (QED) is 0.750. The molecule has 1 aliphatic heterocycles. The van der Waals surface area contributed by atoms with Crippen molar-refractivity contribution in [2.24, 2.45) is 5.92 Å². The number of nitrogens with one attached hydrogen (secondary N) is 1. The van der Waals surface area contributed by atoms with E-state index in [-0.39, 0.29) is 5.91 Å². The standard InChI is InChI=1S/C10H15NO3S/c12-8(5-7-1-2-7)11-10(9(13)14)3-4-15-6-10/h7H,1-6H2,(H,11,12)(H,13,14). The van der Waals surface area contributed by atoms with Crippen molar-refractivity contribution in [3.8, 4) is 0 Å². The van der Waals surface area contributed by atoms with Gasteiger partial charge in [-0.05, 0) is 30.9 Å². The second-order valence-corrected chi connectivity index (χ2v) is 5.49. The number of carbonyl (C=O) groups is 2. The molecule has 5 heteroatoms. The normalized spacial score (nSPS) is 30.1. The fourth-order valence-electron chi connectivity index (χ4n) is 1.79. The van der Waals surface area contributed by atoms with Gasteiger partial charge in [-0.3, -0.25) is 4.79 Å². The van der Waals surface area contributed by atoms with Crippen molar-refractivity contribution in [1.29, 1.82) is 0 Å². The molecule has 1 heterocycles. The number of carboxylic acids is 1. The molecular formula is C10H15NO3S. The maximum Gasteiger partial charge on any atom is 0.330 e. The summed E-state index contributed by atoms with van der Waals surface area (Å²) in [4.78, 5) is 22.7. The first-order valence-corrected chi connectivity index (χ1v) is 6.40. The lowest BCUT2D eigenvalue weighted by molar-refractivity contribution is -0.146. The topological polar surface area (TPSA) is 66.4 Å². The van der Waals surface area contributed by atoms with Crippen molar-refractivity contribution < 1.29 is 14.7 Å². The highest BCUT2D eigenvalue weighted by Crippen LogP contribution is 2.33. The van der Waals surface area contributed by atoms with Crippen LogP contribution in [-0.2, 0) is 9.59 Å². The Bertz CT molecular complexity index is 282. The monoisotopic (exact) mass is 229 g/mol. The lowest BCUT2D eigenvalue weighted by Gasteiger charge is -2.24. The Balaban J connectivity index is 1.93. The molecule has 2 N–H and O–H groups in total. The molecule has 1 saturated heterocycles. The molecule has 0 aromatic heterocycles. The predicted molar refractivity (Wildman–Crippen MR) is 57.8 cm³/mol. The largest absolute Gasteiger partial charge is 0.479 e. The van der Waals surface area contributed by atoms with E-state index < -0.39 is 11.5 Å². The summed E-state index contributed by atoms with van der Waals surface area (Å²) in [5, 5.41) is 11.8. The molecule has 1 saturated carbocycles. The van der Waals surface area contributed by atoms with Gasteiger partial charge < -0.3 is 10.4 Å². The molecule has 2 rings (SSSR count). The maximum absolute atomic E-state index is 11.6. The average molecular weight is 229 g/mol. The van der Waals surface area contributed by atoms with Gasteiger partial charge in [0.1, 0.15) is 5.54 Å². The van der Waals surface area contributed by atoms with Gasteiger partial charge in [0.2, 0.25) is 5.91 Å². The van der Waals surface area contributed by atoms with Crippen molar-refractivity contribution in [2.45, 2.75) is 31.2 Å². The fourth-order valence-corrected chi connectivity index (χ4v) is 3.11. The van der Waals surface area contributed by atoms with Crippen LogP contribution in [0.15, 0.2) is 0 Å². The molecule has 0 aromatic carbocycles. The van der Waals surface area contributed by atoms with Crippen LogP contribution < -0.4 is 5.32 Å². The van der Waals surface area contributed by atoms with Gasteiger partial charge in [-0.25, -0.2) is 4.79 Å². The third-order valence-corrected chi connectivity index (χ3v) is 4.17. The lowest BCUT2D eigenvalue weighted by Crippen LogP contribution is -2.54. The molecule has 0 bridgehead atoms. The summed E-state index contributed by atoms with van der Waals surface area (Å²) in [6.45, 7) is 0. The number of thioether (sulfide) groups is 1. The van der Waals surface area contributed by atoms with Crippen LogP contribution in [0.4, 0.5) is 0 Å². The van der Waals surface area contributed by atoms with E-state index in [1.165, 1.54) is 0 Å². The van der Waals surface area contributed by atoms with E-state index in [2.05, 4.69) is 5.32 Å². The van der Waals surface area contributed by atoms with Crippen LogP contribution in [0.5, 0.6) is 0 Å². The molecule has 1 atom stereocenters. The molecule has 2 aliphatic rings. The van der Waals surface area contributed by atoms with E-state index in [1.54, 1.807) is 11.8 Å². The third-order valence-electron chi connectivity index (χ3n) is 2.98. The first-order chi connectivity index (χ1) is 7.12. The Morgan fingerprint density at radius 3 is 2.67 bits per heavy atom. The number of amides is 1. The van der Waals surface area contributed by atoms with Gasteiger partial charge in [-0.15, -0.1) is 0 Å². The zero-order chi connectivity index (χ0) is 10.9. The van der Waals surface area contributed by atoms with Crippen LogP contribution in [0.2, 0.25) is 0 Å². The van der Waals surface area contributed by atoms with Crippen molar-refractivity contribution in [3.05, 3.63) is 0 Å². The Morgan fingerprint density at radius 1 is 1.47 bits per heavy atom. The highest BCUT2D eigenvalue weighted by molar-refractivity contribution is 7.99. The van der Waals surface area contributed by atoms with Gasteiger partial charge in [0.25, 0.3) is 0 Å². The van der Waals surface area contributed by atoms with E-state index in [0.717, 1.165) is 18.6 Å². The number of aliphatic carboxylic acids is 1. The molecule has 1 aliphatic carbocycles. The second kappa shape index (κ2) is 4.04. The molecule has 15 heavy (non-hydrogen) atoms. The molecular weight excluding hydrogens is 214 g/mol. The van der Waals surface area contributed by atoms with Crippen LogP contribution in [-0.4, -0.2) is 34.0 Å². The zero-order valence-electron chi connectivity index (χ0n) is 8.49. The highest BCUT2D eigenvalue weighted by atomic mass is 32.2. The van der Waals surface area contributed by atoms with E-state index >= 15 is 0 Å². The smallest absolute Gasteiger partial charge is 0.330 e. The number of carboxylic acid groups (broad SMARTS) is 1. The number of rotatable bonds is 4. The summed E-state index contributed by atoms with van der Waals surface area (Å²) in [5.41, 5.74) is -0.989. The minimum Gasteiger partial charge on any atom is -0.479 e. The molecule has 1 unspecified atom stereocenters. The molecule has 0 spiro atoms. The molecule has 84 valence electrons. The van der Waals surface area contributed by atoms with E-state index in [0.29, 0.717) is 24.5 Å². The molecule has 2 fully saturated rings. The average Bonchev–Trinajstić information content (AvgIpc) is 2.82. The van der Waals surface area contributed by atoms with Gasteiger partial charge in [-0.1, -0.05) is 0 Å². The second-order valence-electron chi connectivity index (χ2n) is 4.39. The SMILES string of the molecule is O=C(CC1CC1)NC1(C(=O)O)CCSC1. The Hall–Kier alpha value is -0.710. The molecule has 0 aromatic rings. The molecule has 1 amide bonds. The van der Waals surface area contributed by atoms with Crippen LogP contribution in [0, 0.1) is 5.92 Å². The molecule has 0 radical (unpaired) electrons. The zero-order valence-corrected chi connectivity index (χ0v) is 9.31. The Kier molecular flexibility index (Phi) is 2.91. The number of carbonyl (C=O) groups excluding carboxylic acids is 1. The van der Waals surface area contributed by atoms with Crippen molar-refractivity contribution in [2.75, 3.05) is 11.5 Å². The minimum atomic E-state index is -0.989. The lowest BCUT2D eigenvalue weighted by atomic mass is 9.99. The van der Waals surface area contributed by atoms with Crippen LogP contribution in [0.3, 0.4) is 0 Å². The first kappa shape index (κ1) is 10.8. The van der Waals surface area contributed by atoms with E-state index in [1.807, 2.05) is 0 Å². The van der Waals surface area contributed by atoms with Gasteiger partial charge in [0.05, 0.1) is 0 Å². The summed E-state index contributed by atoms with van der Waals surface area (Å²) in [7, 11) is 0. The van der Waals surface area contributed by atoms with E-state index in [9.17, 15) is 9.59 Å². The van der Waals surface area contributed by atoms with Crippen LogP contribution in [0.1, 0.15) is 25.7 Å². The third kappa shape index (κ3) is 2.45. The Morgan fingerprint density at radius 2 is 2.20 bits per heavy atom. The Labute approximate surface area is 92.8 Å². The van der Waals surface area contributed by atoms with Crippen molar-refractivity contribution in [3.63, 3.8) is 0 Å². The van der Waals surface area contributed by atoms with Crippen LogP contribution in [0.25, 0.3) is 0 Å². The minimum absolute atomic E-state index is 0.0950. The summed E-state index contributed by atoms with van der Waals surface area (Å²) in [6, 6.07) is 0. The summed E-state index contributed by atoms with van der Waals surface area (Å²) < 4.78 is 0. The van der Waals surface area contributed by atoms with Gasteiger partial charge in [0, 0.05) is 12.2 Å². The van der Waals surface area contributed by atoms with Gasteiger partial charge >= 0.3 is 5.97 Å². The first-order valence-electron chi connectivity index (χ1n) is 5.24. The fraction of sp³-hybridized carbons (Fsp3) is 0.800. The van der Waals surface area contributed by atoms with Gasteiger partial charge in [-0.2, -0.15) is 11.8 Å². The van der Waals surface area contributed by atoms with Crippen LogP contribution >= 0.6 is 11.8 Å². The van der Waals surface area contributed by atoms with Gasteiger partial charge in [0.15, 0.2) is 0 Å². The maximum atomic E-state index is 11.6. The summed E-state index contributed by atoms with van der Waals surface area (Å²) in [6.07, 6.45) is 3.27. The highest BCUT2D eigenvalue weighted by Gasteiger charge is 2.43. The van der Waals surface area contributed by atoms with Crippen molar-refractivity contribution in [1.82, 2.24) is 5.32 Å². The number of hydrogen-bond donors (Lipinski definition) is 2. The van der Waals surface area contributed by atoms with E-state index in [4.69, 9.17) is 5.11 Å². The summed E-state index contributed by atoms with van der Waals surface area (Å²) in [5.74, 6) is 0.832. The van der Waals surface area contributed by atoms with Crippen molar-refractivity contribution >= 4 is 23.6 Å².